The number of rotatable bonds is 4. The molecule has 2 saturated heterocycles. The maximum atomic E-state index is 13.0. The number of aromatic carboxylic acids is 1. The number of carbonyl (C=O) groups is 3. The fourth-order valence-corrected chi connectivity index (χ4v) is 3.44. The van der Waals surface area contributed by atoms with Gasteiger partial charge in [0, 0.05) is 19.2 Å². The van der Waals surface area contributed by atoms with Gasteiger partial charge >= 0.3 is 5.97 Å². The van der Waals surface area contributed by atoms with E-state index in [1.807, 2.05) is 4.90 Å². The summed E-state index contributed by atoms with van der Waals surface area (Å²) in [6.45, 7) is 2.59. The van der Waals surface area contributed by atoms with Crippen molar-refractivity contribution in [1.82, 2.24) is 5.32 Å². The van der Waals surface area contributed by atoms with Gasteiger partial charge < -0.3 is 19.2 Å². The summed E-state index contributed by atoms with van der Waals surface area (Å²) >= 11 is 5.14. The molecule has 0 radical (unpaired) electrons. The van der Waals surface area contributed by atoms with Crippen LogP contribution < -0.4 is 15.1 Å². The number of thiocarbonyl (C=S) groups is 1. The lowest BCUT2D eigenvalue weighted by atomic mass is 10.1. The van der Waals surface area contributed by atoms with Crippen LogP contribution in [-0.2, 0) is 14.3 Å². The second-order valence-electron chi connectivity index (χ2n) is 6.59. The molecular weight excluding hydrogens is 410 g/mol. The van der Waals surface area contributed by atoms with Gasteiger partial charge in [0.05, 0.1) is 24.5 Å². The molecule has 2 N–H and O–H groups in total. The topological polar surface area (TPSA) is 112 Å². The van der Waals surface area contributed by atoms with Crippen molar-refractivity contribution < 1.29 is 28.6 Å². The highest BCUT2D eigenvalue weighted by atomic mass is 32.1. The zero-order chi connectivity index (χ0) is 21.3. The van der Waals surface area contributed by atoms with Crippen LogP contribution in [0, 0.1) is 0 Å². The number of hydrogen-bond donors (Lipinski definition) is 2. The third-order valence-corrected chi connectivity index (χ3v) is 4.98. The minimum atomic E-state index is -1.09. The quantitative estimate of drug-likeness (QED) is 0.430. The fourth-order valence-electron chi connectivity index (χ4n) is 3.16. The van der Waals surface area contributed by atoms with Gasteiger partial charge in [-0.2, -0.15) is 0 Å². The molecule has 10 heteroatoms. The first-order chi connectivity index (χ1) is 14.4. The average molecular weight is 427 g/mol. The maximum absolute atomic E-state index is 13.0. The summed E-state index contributed by atoms with van der Waals surface area (Å²) in [6, 6.07) is 9.06. The summed E-state index contributed by atoms with van der Waals surface area (Å²) < 4.78 is 11.1. The molecular formula is C20H17N3O6S. The number of hydrogen-bond acceptors (Lipinski definition) is 7. The number of furan rings is 1. The zero-order valence-corrected chi connectivity index (χ0v) is 16.5. The largest absolute Gasteiger partial charge is 0.478 e. The van der Waals surface area contributed by atoms with Crippen molar-refractivity contribution >= 4 is 52.8 Å². The molecule has 0 unspecified atom stereocenters. The van der Waals surface area contributed by atoms with E-state index >= 15 is 0 Å². The normalized spacial score (nSPS) is 18.7. The third-order valence-electron chi connectivity index (χ3n) is 4.70. The predicted molar refractivity (Wildman–Crippen MR) is 111 cm³/mol. The summed E-state index contributed by atoms with van der Waals surface area (Å²) in [6.07, 6.45) is 1.36. The molecule has 154 valence electrons. The number of ether oxygens (including phenoxy) is 1. The Morgan fingerprint density at radius 2 is 1.80 bits per heavy atom. The number of nitrogens with one attached hydrogen (secondary N) is 1. The number of nitrogens with zero attached hydrogens (tertiary/aromatic N) is 2. The number of anilines is 2. The number of morpholine rings is 1. The highest BCUT2D eigenvalue weighted by Crippen LogP contribution is 2.25. The van der Waals surface area contributed by atoms with E-state index in [0.29, 0.717) is 43.6 Å². The minimum Gasteiger partial charge on any atom is -0.478 e. The summed E-state index contributed by atoms with van der Waals surface area (Å²) in [5, 5.41) is 11.4. The number of benzene rings is 1. The van der Waals surface area contributed by atoms with Crippen molar-refractivity contribution in [3.8, 4) is 0 Å². The van der Waals surface area contributed by atoms with Crippen molar-refractivity contribution in [2.45, 2.75) is 0 Å². The number of carboxylic acid groups (broad SMARTS) is 1. The monoisotopic (exact) mass is 427 g/mol. The molecule has 0 atom stereocenters. The van der Waals surface area contributed by atoms with Gasteiger partial charge in [0.25, 0.3) is 11.8 Å². The Bertz CT molecular complexity index is 1050. The van der Waals surface area contributed by atoms with Crippen molar-refractivity contribution in [3.63, 3.8) is 0 Å². The minimum absolute atomic E-state index is 0.0696. The Balaban J connectivity index is 1.60. The van der Waals surface area contributed by atoms with Crippen LogP contribution in [0.1, 0.15) is 16.1 Å². The van der Waals surface area contributed by atoms with Crippen LogP contribution >= 0.6 is 12.2 Å². The van der Waals surface area contributed by atoms with E-state index in [1.165, 1.54) is 30.3 Å². The molecule has 1 aromatic carbocycles. The summed E-state index contributed by atoms with van der Waals surface area (Å²) in [5.41, 5.74) is 0.267. The first kappa shape index (κ1) is 19.8. The Hall–Kier alpha value is -3.50. The van der Waals surface area contributed by atoms with Gasteiger partial charge in [0.1, 0.15) is 11.3 Å². The number of carboxylic acids is 1. The Kier molecular flexibility index (Phi) is 5.34. The molecule has 0 saturated carbocycles. The van der Waals surface area contributed by atoms with Crippen LogP contribution in [0.5, 0.6) is 0 Å². The van der Waals surface area contributed by atoms with Crippen molar-refractivity contribution in [2.24, 2.45) is 0 Å². The smallest absolute Gasteiger partial charge is 0.335 e. The summed E-state index contributed by atoms with van der Waals surface area (Å²) in [5.74, 6) is -1.37. The summed E-state index contributed by atoms with van der Waals surface area (Å²) in [4.78, 5) is 39.6. The van der Waals surface area contributed by atoms with Crippen molar-refractivity contribution in [3.05, 3.63) is 53.3 Å². The third kappa shape index (κ3) is 3.82. The Morgan fingerprint density at radius 3 is 2.47 bits per heavy atom. The molecule has 9 nitrogen and oxygen atoms in total. The van der Waals surface area contributed by atoms with E-state index in [1.54, 1.807) is 12.1 Å². The van der Waals surface area contributed by atoms with Gasteiger partial charge in [0.2, 0.25) is 0 Å². The van der Waals surface area contributed by atoms with E-state index in [0.717, 1.165) is 4.90 Å². The SMILES string of the molecule is O=C1NC(=S)N(c2ccc(C(=O)O)cc2)C(=O)/C1=C/c1ccc(N2CCOCC2)o1. The molecule has 0 aliphatic carbocycles. The van der Waals surface area contributed by atoms with Gasteiger partial charge in [-0.1, -0.05) is 0 Å². The van der Waals surface area contributed by atoms with E-state index in [4.69, 9.17) is 26.5 Å². The molecule has 3 heterocycles. The lowest BCUT2D eigenvalue weighted by Crippen LogP contribution is -2.54. The second kappa shape index (κ2) is 8.09. The summed E-state index contributed by atoms with van der Waals surface area (Å²) in [7, 11) is 0. The van der Waals surface area contributed by atoms with Gasteiger partial charge in [-0.3, -0.25) is 19.8 Å². The molecule has 2 amide bonds. The fraction of sp³-hybridized carbons (Fsp3) is 0.200. The van der Waals surface area contributed by atoms with Crippen LogP contribution in [0.3, 0.4) is 0 Å². The standard InChI is InChI=1S/C20H17N3O6S/c24-17-15(11-14-5-6-16(29-14)22-7-9-28-10-8-22)18(25)23(20(30)21-17)13-3-1-12(2-4-13)19(26)27/h1-6,11H,7-10H2,(H,26,27)(H,21,24,30)/b15-11+. The molecule has 2 aromatic rings. The van der Waals surface area contributed by atoms with Crippen molar-refractivity contribution in [2.75, 3.05) is 36.1 Å². The second-order valence-corrected chi connectivity index (χ2v) is 6.97. The van der Waals surface area contributed by atoms with Crippen molar-refractivity contribution in [1.29, 1.82) is 0 Å². The molecule has 2 aliphatic rings. The van der Waals surface area contributed by atoms with Crippen LogP contribution in [0.4, 0.5) is 11.6 Å². The highest BCUT2D eigenvalue weighted by Gasteiger charge is 2.34. The van der Waals surface area contributed by atoms with E-state index in [-0.39, 0.29) is 16.2 Å². The van der Waals surface area contributed by atoms with Gasteiger partial charge in [-0.25, -0.2) is 4.79 Å². The first-order valence-corrected chi connectivity index (χ1v) is 9.52. The Labute approximate surface area is 176 Å². The number of amides is 2. The average Bonchev–Trinajstić information content (AvgIpc) is 3.21. The molecule has 2 fully saturated rings. The molecule has 0 bridgehead atoms. The van der Waals surface area contributed by atoms with Crippen LogP contribution in [-0.4, -0.2) is 54.3 Å². The van der Waals surface area contributed by atoms with E-state index < -0.39 is 17.8 Å². The van der Waals surface area contributed by atoms with Gasteiger partial charge in [-0.05, 0) is 48.6 Å². The van der Waals surface area contributed by atoms with E-state index in [2.05, 4.69) is 5.32 Å². The highest BCUT2D eigenvalue weighted by molar-refractivity contribution is 7.80. The molecule has 0 spiro atoms. The van der Waals surface area contributed by atoms with Gasteiger partial charge in [-0.15, -0.1) is 0 Å². The lowest BCUT2D eigenvalue weighted by molar-refractivity contribution is -0.122. The molecule has 1 aromatic heterocycles. The van der Waals surface area contributed by atoms with E-state index in [9.17, 15) is 14.4 Å². The van der Waals surface area contributed by atoms with Crippen LogP contribution in [0.25, 0.3) is 6.08 Å². The molecule has 4 rings (SSSR count). The van der Waals surface area contributed by atoms with Crippen LogP contribution in [0.2, 0.25) is 0 Å². The first-order valence-electron chi connectivity index (χ1n) is 9.11. The lowest BCUT2D eigenvalue weighted by Gasteiger charge is -2.28. The van der Waals surface area contributed by atoms with Gasteiger partial charge in [0.15, 0.2) is 11.0 Å². The zero-order valence-electron chi connectivity index (χ0n) is 15.7. The number of carbonyl (C=O) groups excluding carboxylic acids is 2. The maximum Gasteiger partial charge on any atom is 0.335 e. The Morgan fingerprint density at radius 1 is 1.10 bits per heavy atom. The predicted octanol–water partition coefficient (Wildman–Crippen LogP) is 1.65. The molecule has 2 aliphatic heterocycles. The molecule has 30 heavy (non-hydrogen) atoms. The van der Waals surface area contributed by atoms with Crippen LogP contribution in [0.15, 0.2) is 46.4 Å².